The fraction of sp³-hybridized carbons (Fsp3) is 0.143. The smallest absolute Gasteiger partial charge is 0.278 e. The first kappa shape index (κ1) is 11.5. The van der Waals surface area contributed by atoms with E-state index < -0.39 is 0 Å². The first-order chi connectivity index (χ1) is 9.63. The predicted octanol–water partition coefficient (Wildman–Crippen LogP) is 3.30. The highest BCUT2D eigenvalue weighted by Crippen LogP contribution is 2.51. The van der Waals surface area contributed by atoms with Crippen molar-refractivity contribution in [1.29, 1.82) is 0 Å². The fourth-order valence-electron chi connectivity index (χ4n) is 2.33. The second-order valence-electron chi connectivity index (χ2n) is 4.93. The number of azo groups is 1. The van der Waals surface area contributed by atoms with Crippen molar-refractivity contribution < 1.29 is 4.79 Å². The molecule has 3 aliphatic rings. The Hall–Kier alpha value is -2.27. The molecule has 1 aromatic rings. The predicted molar refractivity (Wildman–Crippen MR) is 74.2 cm³/mol. The van der Waals surface area contributed by atoms with Crippen molar-refractivity contribution in [2.75, 3.05) is 5.32 Å². The number of anilines is 1. The molecule has 1 aliphatic heterocycles. The van der Waals surface area contributed by atoms with Gasteiger partial charge in [0.05, 0.1) is 10.7 Å². The molecule has 1 amide bonds. The summed E-state index contributed by atoms with van der Waals surface area (Å²) in [6, 6.07) is 1.75. The van der Waals surface area contributed by atoms with Gasteiger partial charge >= 0.3 is 0 Å². The van der Waals surface area contributed by atoms with Gasteiger partial charge in [0.15, 0.2) is 11.5 Å². The zero-order chi connectivity index (χ0) is 13.9. The summed E-state index contributed by atoms with van der Waals surface area (Å²) in [5.41, 5.74) is 5.37. The third-order valence-electron chi connectivity index (χ3n) is 3.42. The molecule has 20 heavy (non-hydrogen) atoms. The quantitative estimate of drug-likeness (QED) is 0.905. The van der Waals surface area contributed by atoms with Crippen molar-refractivity contribution in [1.82, 2.24) is 4.98 Å². The third kappa shape index (κ3) is 1.63. The normalized spacial score (nSPS) is 18.2. The lowest BCUT2D eigenvalue weighted by Gasteiger charge is -2.06. The summed E-state index contributed by atoms with van der Waals surface area (Å²) in [5, 5.41) is 11.1. The van der Waals surface area contributed by atoms with Crippen LogP contribution in [0.1, 0.15) is 12.0 Å². The van der Waals surface area contributed by atoms with E-state index in [-0.39, 0.29) is 5.91 Å². The minimum Gasteiger partial charge on any atom is -0.304 e. The second-order valence-corrected chi connectivity index (χ2v) is 5.34. The highest BCUT2D eigenvalue weighted by Gasteiger charge is 2.38. The molecule has 6 heteroatoms. The maximum absolute atomic E-state index is 12.2. The van der Waals surface area contributed by atoms with Crippen molar-refractivity contribution in [3.8, 4) is 0 Å². The number of halogens is 1. The molecule has 0 spiro atoms. The first-order valence-corrected chi connectivity index (χ1v) is 6.55. The molecule has 1 fully saturated rings. The number of aryl methyl sites for hydroxylation is 1. The van der Waals surface area contributed by atoms with E-state index in [1.165, 1.54) is 11.1 Å². The van der Waals surface area contributed by atoms with Gasteiger partial charge in [0, 0.05) is 18.2 Å². The number of nitrogens with zero attached hydrogens (tertiary/aromatic N) is 3. The molecule has 2 heterocycles. The molecule has 1 saturated carbocycles. The Kier molecular flexibility index (Phi) is 2.23. The van der Waals surface area contributed by atoms with Crippen LogP contribution in [0.5, 0.6) is 0 Å². The van der Waals surface area contributed by atoms with E-state index in [9.17, 15) is 4.79 Å². The minimum atomic E-state index is -0.337. The van der Waals surface area contributed by atoms with Crippen LogP contribution in [0.4, 0.5) is 5.82 Å². The molecule has 98 valence electrons. The number of aromatic nitrogens is 1. The molecule has 1 N–H and O–H groups in total. The van der Waals surface area contributed by atoms with Crippen molar-refractivity contribution in [3.05, 3.63) is 57.0 Å². The number of hydrogen-bond donors (Lipinski definition) is 1. The number of hydrogen-bond acceptors (Lipinski definition) is 4. The number of rotatable bonds is 2. The summed E-state index contributed by atoms with van der Waals surface area (Å²) in [6.45, 7) is 1.88. The molecule has 1 aromatic heterocycles. The van der Waals surface area contributed by atoms with Crippen LogP contribution in [0, 0.1) is 6.92 Å². The molecule has 0 atom stereocenters. The Bertz CT molecular complexity index is 801. The Labute approximate surface area is 119 Å². The summed E-state index contributed by atoms with van der Waals surface area (Å²) in [7, 11) is 0. The standard InChI is InChI=1S/C14H9ClN4O/c1-6-2-10(15)13(16-5-6)17-14(20)12-9-4-7-3-8(7)11(9)18-19-12/h2,4-5H,3H2,1H3,(H,16,17,20). The maximum atomic E-state index is 12.2. The third-order valence-corrected chi connectivity index (χ3v) is 3.71. The molecular formula is C14H9ClN4O. The molecule has 0 radical (unpaired) electrons. The minimum absolute atomic E-state index is 0.325. The van der Waals surface area contributed by atoms with Crippen molar-refractivity contribution in [3.63, 3.8) is 0 Å². The molecule has 0 unspecified atom stereocenters. The molecule has 0 aromatic carbocycles. The summed E-state index contributed by atoms with van der Waals surface area (Å²) < 4.78 is 0. The van der Waals surface area contributed by atoms with Crippen LogP contribution in [0.25, 0.3) is 0 Å². The molecule has 0 bridgehead atoms. The van der Waals surface area contributed by atoms with E-state index in [4.69, 9.17) is 11.6 Å². The van der Waals surface area contributed by atoms with E-state index in [1.54, 1.807) is 12.3 Å². The molecule has 0 saturated heterocycles. The van der Waals surface area contributed by atoms with E-state index in [0.29, 0.717) is 16.5 Å². The van der Waals surface area contributed by atoms with Gasteiger partial charge in [-0.15, -0.1) is 10.2 Å². The average molecular weight is 285 g/mol. The van der Waals surface area contributed by atoms with Crippen LogP contribution in [-0.2, 0) is 4.79 Å². The van der Waals surface area contributed by atoms with Gasteiger partial charge in [-0.3, -0.25) is 4.79 Å². The van der Waals surface area contributed by atoms with Crippen LogP contribution in [0.2, 0.25) is 5.02 Å². The number of pyridine rings is 1. The van der Waals surface area contributed by atoms with E-state index in [1.807, 2.05) is 13.0 Å². The van der Waals surface area contributed by atoms with Gasteiger partial charge < -0.3 is 5.32 Å². The number of amides is 1. The van der Waals surface area contributed by atoms with Crippen molar-refractivity contribution in [2.24, 2.45) is 10.2 Å². The number of carbonyl (C=O) groups is 1. The van der Waals surface area contributed by atoms with Crippen LogP contribution in [0.3, 0.4) is 0 Å². The number of allylic oxidation sites excluding steroid dienone is 3. The Morgan fingerprint density at radius 3 is 3.05 bits per heavy atom. The summed E-state index contributed by atoms with van der Waals surface area (Å²) in [5.74, 6) is -0.00164. The van der Waals surface area contributed by atoms with Crippen LogP contribution in [0.15, 0.2) is 56.7 Å². The monoisotopic (exact) mass is 284 g/mol. The largest absolute Gasteiger partial charge is 0.304 e. The average Bonchev–Trinajstić information content (AvgIpc) is 2.89. The van der Waals surface area contributed by atoms with Gasteiger partial charge in [0.1, 0.15) is 0 Å². The molecular weight excluding hydrogens is 276 g/mol. The van der Waals surface area contributed by atoms with Gasteiger partial charge in [-0.25, -0.2) is 4.98 Å². The van der Waals surface area contributed by atoms with Gasteiger partial charge in [-0.2, -0.15) is 0 Å². The summed E-state index contributed by atoms with van der Waals surface area (Å²) in [6.07, 6.45) is 4.59. The molecule has 4 rings (SSSR count). The highest BCUT2D eigenvalue weighted by atomic mass is 35.5. The van der Waals surface area contributed by atoms with E-state index >= 15 is 0 Å². The lowest BCUT2D eigenvalue weighted by molar-refractivity contribution is -0.112. The highest BCUT2D eigenvalue weighted by molar-refractivity contribution is 6.33. The Balaban J connectivity index is 1.64. The van der Waals surface area contributed by atoms with E-state index in [0.717, 1.165) is 23.3 Å². The topological polar surface area (TPSA) is 66.7 Å². The Morgan fingerprint density at radius 2 is 2.25 bits per heavy atom. The molecule has 5 nitrogen and oxygen atoms in total. The number of nitrogens with one attached hydrogen (secondary N) is 1. The maximum Gasteiger partial charge on any atom is 0.278 e. The lowest BCUT2D eigenvalue weighted by Crippen LogP contribution is -2.15. The lowest BCUT2D eigenvalue weighted by atomic mass is 10.1. The fourth-order valence-corrected chi connectivity index (χ4v) is 2.60. The van der Waals surface area contributed by atoms with E-state index in [2.05, 4.69) is 20.5 Å². The van der Waals surface area contributed by atoms with Crippen molar-refractivity contribution in [2.45, 2.75) is 13.3 Å². The van der Waals surface area contributed by atoms with Gasteiger partial charge in [0.25, 0.3) is 5.91 Å². The van der Waals surface area contributed by atoms with Crippen molar-refractivity contribution >= 4 is 23.3 Å². The number of fused-ring (bicyclic) bond motifs is 2. The van der Waals surface area contributed by atoms with Gasteiger partial charge in [-0.05, 0) is 35.8 Å². The zero-order valence-electron chi connectivity index (χ0n) is 10.6. The molecule has 2 aliphatic carbocycles. The summed E-state index contributed by atoms with van der Waals surface area (Å²) >= 11 is 6.05. The second kappa shape index (κ2) is 3.86. The van der Waals surface area contributed by atoms with Gasteiger partial charge in [0.2, 0.25) is 0 Å². The Morgan fingerprint density at radius 1 is 1.40 bits per heavy atom. The summed E-state index contributed by atoms with van der Waals surface area (Å²) in [4.78, 5) is 16.4. The number of carbonyl (C=O) groups excluding carboxylic acids is 1. The van der Waals surface area contributed by atoms with Crippen LogP contribution < -0.4 is 5.32 Å². The zero-order valence-corrected chi connectivity index (χ0v) is 11.3. The first-order valence-electron chi connectivity index (χ1n) is 6.17. The van der Waals surface area contributed by atoms with Crippen LogP contribution in [-0.4, -0.2) is 10.9 Å². The van der Waals surface area contributed by atoms with Gasteiger partial charge in [-0.1, -0.05) is 11.6 Å². The van der Waals surface area contributed by atoms with Crippen LogP contribution >= 0.6 is 11.6 Å². The SMILES string of the molecule is Cc1cnc(NC(=O)C2=C3C=C4CC4=C3N=N2)c(Cl)c1.